The number of nitrogens with two attached hydrogens (primary N) is 1. The monoisotopic (exact) mass is 211 g/mol. The standard InChI is InChI=1S/C14H13NO/c15-12-5-1-4-11(9-12)13-6-2-3-10-7-8-16-14(10)13/h1-6,9H,7-8,15H2. The van der Waals surface area contributed by atoms with Crippen LogP contribution in [0.5, 0.6) is 5.75 Å². The lowest BCUT2D eigenvalue weighted by Gasteiger charge is -2.08. The summed E-state index contributed by atoms with van der Waals surface area (Å²) >= 11 is 0. The number of hydrogen-bond acceptors (Lipinski definition) is 2. The first-order valence-electron chi connectivity index (χ1n) is 5.45. The molecule has 0 spiro atoms. The number of para-hydroxylation sites is 1. The number of anilines is 1. The van der Waals surface area contributed by atoms with Crippen LogP contribution in [0.1, 0.15) is 5.56 Å². The largest absolute Gasteiger partial charge is 0.492 e. The van der Waals surface area contributed by atoms with E-state index < -0.39 is 0 Å². The highest BCUT2D eigenvalue weighted by Crippen LogP contribution is 2.36. The normalized spacial score (nSPS) is 13.2. The number of fused-ring (bicyclic) bond motifs is 1. The number of hydrogen-bond donors (Lipinski definition) is 1. The van der Waals surface area contributed by atoms with Crippen LogP contribution in [0.15, 0.2) is 42.5 Å². The van der Waals surface area contributed by atoms with E-state index in [1.807, 2.05) is 18.2 Å². The van der Waals surface area contributed by atoms with Crippen LogP contribution in [0.4, 0.5) is 5.69 Å². The molecule has 0 amide bonds. The maximum atomic E-state index is 5.80. The number of rotatable bonds is 1. The van der Waals surface area contributed by atoms with Gasteiger partial charge in [0.15, 0.2) is 0 Å². The topological polar surface area (TPSA) is 35.2 Å². The molecule has 1 aliphatic rings. The van der Waals surface area contributed by atoms with Gasteiger partial charge in [-0.3, -0.25) is 0 Å². The molecule has 16 heavy (non-hydrogen) atoms. The summed E-state index contributed by atoms with van der Waals surface area (Å²) in [6.07, 6.45) is 1.01. The minimum atomic E-state index is 0.785. The van der Waals surface area contributed by atoms with Crippen molar-refractivity contribution >= 4 is 5.69 Å². The van der Waals surface area contributed by atoms with E-state index in [-0.39, 0.29) is 0 Å². The second kappa shape index (κ2) is 3.56. The van der Waals surface area contributed by atoms with Crippen LogP contribution < -0.4 is 10.5 Å². The zero-order valence-corrected chi connectivity index (χ0v) is 8.94. The van der Waals surface area contributed by atoms with Crippen LogP contribution in [0.25, 0.3) is 11.1 Å². The Kier molecular flexibility index (Phi) is 2.07. The molecule has 1 heterocycles. The molecule has 0 atom stereocenters. The minimum Gasteiger partial charge on any atom is -0.492 e. The average Bonchev–Trinajstić information content (AvgIpc) is 2.76. The SMILES string of the molecule is Nc1cccc(-c2cccc3c2OCC3)c1. The number of benzene rings is 2. The Bertz CT molecular complexity index is 534. The van der Waals surface area contributed by atoms with Crippen molar-refractivity contribution in [1.29, 1.82) is 0 Å². The van der Waals surface area contributed by atoms with Gasteiger partial charge in [0.1, 0.15) is 5.75 Å². The molecule has 3 rings (SSSR count). The van der Waals surface area contributed by atoms with Gasteiger partial charge >= 0.3 is 0 Å². The fourth-order valence-corrected chi connectivity index (χ4v) is 2.15. The molecule has 0 bridgehead atoms. The fraction of sp³-hybridized carbons (Fsp3) is 0.143. The first-order valence-corrected chi connectivity index (χ1v) is 5.45. The van der Waals surface area contributed by atoms with E-state index in [1.165, 1.54) is 5.56 Å². The molecule has 2 aromatic carbocycles. The molecule has 0 saturated carbocycles. The van der Waals surface area contributed by atoms with Crippen LogP contribution in [0, 0.1) is 0 Å². The Morgan fingerprint density at radius 3 is 2.81 bits per heavy atom. The highest BCUT2D eigenvalue weighted by molar-refractivity contribution is 5.75. The molecule has 80 valence electrons. The zero-order chi connectivity index (χ0) is 11.0. The molecular weight excluding hydrogens is 198 g/mol. The van der Waals surface area contributed by atoms with Crippen molar-refractivity contribution in [1.82, 2.24) is 0 Å². The van der Waals surface area contributed by atoms with Gasteiger partial charge in [-0.2, -0.15) is 0 Å². The van der Waals surface area contributed by atoms with Crippen LogP contribution >= 0.6 is 0 Å². The lowest BCUT2D eigenvalue weighted by Crippen LogP contribution is -1.89. The van der Waals surface area contributed by atoms with Gasteiger partial charge in [-0.1, -0.05) is 30.3 Å². The molecule has 0 fully saturated rings. The molecule has 2 aromatic rings. The summed E-state index contributed by atoms with van der Waals surface area (Å²) in [4.78, 5) is 0. The summed E-state index contributed by atoms with van der Waals surface area (Å²) in [5, 5.41) is 0. The lowest BCUT2D eigenvalue weighted by atomic mass is 10.0. The predicted octanol–water partition coefficient (Wildman–Crippen LogP) is 2.87. The van der Waals surface area contributed by atoms with Crippen molar-refractivity contribution in [3.05, 3.63) is 48.0 Å². The van der Waals surface area contributed by atoms with E-state index in [4.69, 9.17) is 10.5 Å². The Hall–Kier alpha value is -1.96. The van der Waals surface area contributed by atoms with Gasteiger partial charge in [-0.05, 0) is 23.3 Å². The summed E-state index contributed by atoms with van der Waals surface area (Å²) < 4.78 is 5.68. The van der Waals surface area contributed by atoms with E-state index in [0.29, 0.717) is 0 Å². The van der Waals surface area contributed by atoms with Crippen LogP contribution in [-0.2, 0) is 6.42 Å². The van der Waals surface area contributed by atoms with Crippen LogP contribution in [-0.4, -0.2) is 6.61 Å². The van der Waals surface area contributed by atoms with E-state index in [1.54, 1.807) is 0 Å². The summed E-state index contributed by atoms with van der Waals surface area (Å²) in [5.74, 6) is 1.02. The van der Waals surface area contributed by atoms with Crippen molar-refractivity contribution in [2.75, 3.05) is 12.3 Å². The zero-order valence-electron chi connectivity index (χ0n) is 8.94. The molecule has 0 aromatic heterocycles. The Morgan fingerprint density at radius 1 is 1.06 bits per heavy atom. The summed E-state index contributed by atoms with van der Waals surface area (Å²) in [7, 11) is 0. The predicted molar refractivity (Wildman–Crippen MR) is 65.5 cm³/mol. The van der Waals surface area contributed by atoms with Gasteiger partial charge in [0.05, 0.1) is 6.61 Å². The first-order chi connectivity index (χ1) is 7.84. The van der Waals surface area contributed by atoms with Gasteiger partial charge in [-0.15, -0.1) is 0 Å². The average molecular weight is 211 g/mol. The Balaban J connectivity index is 2.17. The highest BCUT2D eigenvalue weighted by Gasteiger charge is 2.16. The van der Waals surface area contributed by atoms with Crippen molar-refractivity contribution in [2.45, 2.75) is 6.42 Å². The van der Waals surface area contributed by atoms with Gasteiger partial charge in [0.2, 0.25) is 0 Å². The molecular formula is C14H13NO. The summed E-state index contributed by atoms with van der Waals surface area (Å²) in [6.45, 7) is 0.786. The van der Waals surface area contributed by atoms with Gasteiger partial charge < -0.3 is 10.5 Å². The Labute approximate surface area is 94.7 Å². The number of nitrogen functional groups attached to an aromatic ring is 1. The molecule has 2 nitrogen and oxygen atoms in total. The van der Waals surface area contributed by atoms with Crippen molar-refractivity contribution in [3.63, 3.8) is 0 Å². The van der Waals surface area contributed by atoms with Crippen molar-refractivity contribution in [3.8, 4) is 16.9 Å². The Morgan fingerprint density at radius 2 is 1.94 bits per heavy atom. The fourth-order valence-electron chi connectivity index (χ4n) is 2.15. The van der Waals surface area contributed by atoms with Crippen LogP contribution in [0.3, 0.4) is 0 Å². The number of ether oxygens (including phenoxy) is 1. The first kappa shape index (κ1) is 9.28. The van der Waals surface area contributed by atoms with E-state index >= 15 is 0 Å². The maximum absolute atomic E-state index is 5.80. The maximum Gasteiger partial charge on any atom is 0.130 e. The van der Waals surface area contributed by atoms with E-state index in [0.717, 1.165) is 35.6 Å². The molecule has 0 radical (unpaired) electrons. The lowest BCUT2D eigenvalue weighted by molar-refractivity contribution is 0.358. The molecule has 1 aliphatic heterocycles. The summed E-state index contributed by atoms with van der Waals surface area (Å²) in [5.41, 5.74) is 10.1. The quantitative estimate of drug-likeness (QED) is 0.736. The minimum absolute atomic E-state index is 0.785. The third-order valence-corrected chi connectivity index (χ3v) is 2.91. The summed E-state index contributed by atoms with van der Waals surface area (Å²) in [6, 6.07) is 14.2. The highest BCUT2D eigenvalue weighted by atomic mass is 16.5. The van der Waals surface area contributed by atoms with Crippen molar-refractivity contribution in [2.24, 2.45) is 0 Å². The van der Waals surface area contributed by atoms with E-state index in [2.05, 4.69) is 24.3 Å². The van der Waals surface area contributed by atoms with E-state index in [9.17, 15) is 0 Å². The third-order valence-electron chi connectivity index (χ3n) is 2.91. The van der Waals surface area contributed by atoms with Crippen molar-refractivity contribution < 1.29 is 4.74 Å². The van der Waals surface area contributed by atoms with Gasteiger partial charge in [0, 0.05) is 17.7 Å². The van der Waals surface area contributed by atoms with Gasteiger partial charge in [-0.25, -0.2) is 0 Å². The molecule has 2 heteroatoms. The molecule has 0 aliphatic carbocycles. The van der Waals surface area contributed by atoms with Crippen LogP contribution in [0.2, 0.25) is 0 Å². The third kappa shape index (κ3) is 1.43. The second-order valence-electron chi connectivity index (χ2n) is 4.02. The van der Waals surface area contributed by atoms with Gasteiger partial charge in [0.25, 0.3) is 0 Å². The molecule has 0 saturated heterocycles. The molecule has 0 unspecified atom stereocenters. The smallest absolute Gasteiger partial charge is 0.130 e. The second-order valence-corrected chi connectivity index (χ2v) is 4.02. The molecule has 2 N–H and O–H groups in total.